The molecule has 0 heterocycles. The van der Waals surface area contributed by atoms with Crippen molar-refractivity contribution in [3.8, 4) is 11.5 Å². The molecule has 0 spiro atoms. The van der Waals surface area contributed by atoms with Crippen molar-refractivity contribution in [2.45, 2.75) is 13.0 Å². The highest BCUT2D eigenvalue weighted by atomic mass is 19.1. The fourth-order valence-corrected chi connectivity index (χ4v) is 2.13. The van der Waals surface area contributed by atoms with Crippen LogP contribution in [0, 0.1) is 11.6 Å². The van der Waals surface area contributed by atoms with Crippen LogP contribution in [0.25, 0.3) is 0 Å². The molecule has 2 N–H and O–H groups in total. The van der Waals surface area contributed by atoms with Gasteiger partial charge < -0.3 is 24.9 Å². The number of oxime groups is 1. The third-order valence-corrected chi connectivity index (χ3v) is 3.60. The standard InChI is InChI=1S/C19H19F2N3O5/c1-11(19(26)23-13-5-7-16(27-2)17(9-13)28-3)29-22-10-18(25)24-15-6-4-12(20)8-14(15)21/h4-11H,1-3H3,(H,23,26)(H,24,25)/b22-10+. The average Bonchev–Trinajstić information content (AvgIpc) is 2.69. The average molecular weight is 407 g/mol. The number of benzene rings is 2. The summed E-state index contributed by atoms with van der Waals surface area (Å²) in [6.45, 7) is 1.42. The van der Waals surface area contributed by atoms with E-state index in [2.05, 4.69) is 15.8 Å². The van der Waals surface area contributed by atoms with Crippen molar-refractivity contribution < 1.29 is 32.7 Å². The lowest BCUT2D eigenvalue weighted by Gasteiger charge is -2.13. The zero-order chi connectivity index (χ0) is 21.4. The number of hydrogen-bond acceptors (Lipinski definition) is 6. The van der Waals surface area contributed by atoms with Gasteiger partial charge >= 0.3 is 0 Å². The first-order valence-electron chi connectivity index (χ1n) is 8.32. The predicted octanol–water partition coefficient (Wildman–Crippen LogP) is 2.95. The second kappa shape index (κ2) is 10.0. The molecule has 0 saturated heterocycles. The van der Waals surface area contributed by atoms with Gasteiger partial charge in [-0.05, 0) is 31.2 Å². The second-order valence-electron chi connectivity index (χ2n) is 5.65. The number of rotatable bonds is 8. The summed E-state index contributed by atoms with van der Waals surface area (Å²) in [6, 6.07) is 7.49. The lowest BCUT2D eigenvalue weighted by molar-refractivity contribution is -0.126. The van der Waals surface area contributed by atoms with Crippen LogP contribution in [0.3, 0.4) is 0 Å². The van der Waals surface area contributed by atoms with Gasteiger partial charge in [-0.15, -0.1) is 0 Å². The van der Waals surface area contributed by atoms with Gasteiger partial charge in [-0.25, -0.2) is 8.78 Å². The van der Waals surface area contributed by atoms with Crippen LogP contribution in [0.1, 0.15) is 6.92 Å². The molecule has 2 aromatic rings. The van der Waals surface area contributed by atoms with E-state index in [0.717, 1.165) is 18.3 Å². The monoisotopic (exact) mass is 407 g/mol. The van der Waals surface area contributed by atoms with Gasteiger partial charge in [-0.3, -0.25) is 9.59 Å². The summed E-state index contributed by atoms with van der Waals surface area (Å²) in [5, 5.41) is 8.17. The van der Waals surface area contributed by atoms with Crippen molar-refractivity contribution in [2.75, 3.05) is 24.9 Å². The van der Waals surface area contributed by atoms with Gasteiger partial charge in [0.25, 0.3) is 11.8 Å². The van der Waals surface area contributed by atoms with Gasteiger partial charge in [0.05, 0.1) is 19.9 Å². The van der Waals surface area contributed by atoms with Gasteiger partial charge in [-0.1, -0.05) is 5.16 Å². The number of carbonyl (C=O) groups excluding carboxylic acids is 2. The molecule has 2 amide bonds. The normalized spacial score (nSPS) is 11.6. The van der Waals surface area contributed by atoms with E-state index in [0.29, 0.717) is 23.3 Å². The molecule has 1 atom stereocenters. The van der Waals surface area contributed by atoms with Crippen molar-refractivity contribution >= 4 is 29.4 Å². The van der Waals surface area contributed by atoms with E-state index in [1.165, 1.54) is 21.1 Å². The first kappa shape index (κ1) is 21.6. The van der Waals surface area contributed by atoms with Crippen LogP contribution in [0.15, 0.2) is 41.6 Å². The maximum absolute atomic E-state index is 13.5. The molecule has 0 radical (unpaired) electrons. The minimum atomic E-state index is -1.03. The van der Waals surface area contributed by atoms with Gasteiger partial charge in [0.2, 0.25) is 6.10 Å². The van der Waals surface area contributed by atoms with Crippen molar-refractivity contribution in [3.63, 3.8) is 0 Å². The number of amides is 2. The maximum atomic E-state index is 13.5. The summed E-state index contributed by atoms with van der Waals surface area (Å²) in [5.74, 6) is -2.12. The number of methoxy groups -OCH3 is 2. The van der Waals surface area contributed by atoms with Crippen molar-refractivity contribution in [1.82, 2.24) is 0 Å². The molecule has 1 unspecified atom stereocenters. The van der Waals surface area contributed by atoms with E-state index in [-0.39, 0.29) is 5.69 Å². The van der Waals surface area contributed by atoms with Crippen LogP contribution in [-0.2, 0) is 14.4 Å². The van der Waals surface area contributed by atoms with Gasteiger partial charge in [-0.2, -0.15) is 0 Å². The first-order valence-corrected chi connectivity index (χ1v) is 8.32. The Bertz CT molecular complexity index is 921. The van der Waals surface area contributed by atoms with Gasteiger partial charge in [0.1, 0.15) is 17.8 Å². The van der Waals surface area contributed by atoms with Crippen LogP contribution in [0.4, 0.5) is 20.2 Å². The Balaban J connectivity index is 1.88. The molecule has 2 rings (SSSR count). The molecule has 29 heavy (non-hydrogen) atoms. The van der Waals surface area contributed by atoms with E-state index < -0.39 is 29.6 Å². The smallest absolute Gasteiger partial charge is 0.270 e. The molecule has 0 aliphatic carbocycles. The summed E-state index contributed by atoms with van der Waals surface area (Å²) in [4.78, 5) is 28.8. The van der Waals surface area contributed by atoms with Crippen LogP contribution >= 0.6 is 0 Å². The number of nitrogens with one attached hydrogen (secondary N) is 2. The Morgan fingerprint density at radius 3 is 2.41 bits per heavy atom. The van der Waals surface area contributed by atoms with Crippen LogP contribution in [0.5, 0.6) is 11.5 Å². The lowest BCUT2D eigenvalue weighted by atomic mass is 10.2. The Morgan fingerprint density at radius 1 is 1.03 bits per heavy atom. The molecule has 8 nitrogen and oxygen atoms in total. The topological polar surface area (TPSA) is 98.3 Å². The highest BCUT2D eigenvalue weighted by Gasteiger charge is 2.16. The summed E-state index contributed by atoms with van der Waals surface area (Å²) in [5.41, 5.74) is 0.221. The summed E-state index contributed by atoms with van der Waals surface area (Å²) >= 11 is 0. The summed E-state index contributed by atoms with van der Waals surface area (Å²) in [7, 11) is 2.96. The molecular weight excluding hydrogens is 388 g/mol. The molecule has 10 heteroatoms. The molecule has 0 aliphatic rings. The largest absolute Gasteiger partial charge is 0.493 e. The summed E-state index contributed by atoms with van der Waals surface area (Å²) < 4.78 is 36.6. The van der Waals surface area contributed by atoms with Crippen molar-refractivity contribution in [2.24, 2.45) is 5.16 Å². The highest BCUT2D eigenvalue weighted by molar-refractivity contribution is 6.31. The van der Waals surface area contributed by atoms with Crippen LogP contribution in [0.2, 0.25) is 0 Å². The second-order valence-corrected chi connectivity index (χ2v) is 5.65. The van der Waals surface area contributed by atoms with E-state index in [9.17, 15) is 18.4 Å². The third-order valence-electron chi connectivity index (χ3n) is 3.60. The Morgan fingerprint density at radius 2 is 1.76 bits per heavy atom. The highest BCUT2D eigenvalue weighted by Crippen LogP contribution is 2.29. The predicted molar refractivity (Wildman–Crippen MR) is 102 cm³/mol. The Labute approximate surface area is 165 Å². The van der Waals surface area contributed by atoms with Crippen LogP contribution in [-0.4, -0.2) is 38.4 Å². The molecule has 154 valence electrons. The SMILES string of the molecule is COc1ccc(NC(=O)C(C)O/N=C/C(=O)Nc2ccc(F)cc2F)cc1OC. The minimum Gasteiger partial charge on any atom is -0.493 e. The molecular formula is C19H19F2N3O5. The van der Waals surface area contributed by atoms with Gasteiger partial charge in [0.15, 0.2) is 11.5 Å². The van der Waals surface area contributed by atoms with Gasteiger partial charge in [0, 0.05) is 17.8 Å². The fraction of sp³-hybridized carbons (Fsp3) is 0.211. The molecule has 0 aliphatic heterocycles. The van der Waals surface area contributed by atoms with E-state index in [4.69, 9.17) is 14.3 Å². The molecule has 0 saturated carbocycles. The number of hydrogen-bond donors (Lipinski definition) is 2. The zero-order valence-electron chi connectivity index (χ0n) is 15.9. The number of carbonyl (C=O) groups is 2. The number of ether oxygens (including phenoxy) is 2. The Kier molecular flexibility index (Phi) is 7.47. The van der Waals surface area contributed by atoms with E-state index in [1.54, 1.807) is 18.2 Å². The van der Waals surface area contributed by atoms with E-state index in [1.807, 2.05) is 0 Å². The minimum absolute atomic E-state index is 0.220. The van der Waals surface area contributed by atoms with Crippen LogP contribution < -0.4 is 20.1 Å². The maximum Gasteiger partial charge on any atom is 0.270 e. The third kappa shape index (κ3) is 6.16. The first-order chi connectivity index (χ1) is 13.8. The number of anilines is 2. The van der Waals surface area contributed by atoms with Crippen molar-refractivity contribution in [1.29, 1.82) is 0 Å². The molecule has 0 bridgehead atoms. The summed E-state index contributed by atoms with van der Waals surface area (Å²) in [6.07, 6.45) is -0.307. The quantitative estimate of drug-likeness (QED) is 0.518. The molecule has 2 aromatic carbocycles. The molecule has 0 aromatic heterocycles. The lowest BCUT2D eigenvalue weighted by Crippen LogP contribution is -2.26. The number of nitrogens with zero attached hydrogens (tertiary/aromatic N) is 1. The fourth-order valence-electron chi connectivity index (χ4n) is 2.13. The van der Waals surface area contributed by atoms with Crippen molar-refractivity contribution in [3.05, 3.63) is 48.0 Å². The molecule has 0 fully saturated rings. The number of halogens is 2. The zero-order valence-corrected chi connectivity index (χ0v) is 15.9. The van der Waals surface area contributed by atoms with E-state index >= 15 is 0 Å². The Hall–Kier alpha value is -3.69.